The lowest BCUT2D eigenvalue weighted by Gasteiger charge is -2.31. The van der Waals surface area contributed by atoms with E-state index in [1.54, 1.807) is 4.90 Å². The van der Waals surface area contributed by atoms with Gasteiger partial charge >= 0.3 is 12.6 Å². The Morgan fingerprint density at radius 2 is 2.00 bits per heavy atom. The van der Waals surface area contributed by atoms with Crippen molar-refractivity contribution in [3.63, 3.8) is 0 Å². The van der Waals surface area contributed by atoms with Crippen LogP contribution in [0.1, 0.15) is 19.8 Å². The molecule has 1 aromatic rings. The molecule has 1 fully saturated rings. The molecule has 24 heavy (non-hydrogen) atoms. The molecular formula is C15H18ClF2N3O3. The molecule has 0 atom stereocenters. The number of ether oxygens (including phenoxy) is 1. The number of halogens is 3. The Kier molecular flexibility index (Phi) is 6.19. The molecule has 0 spiro atoms. The maximum absolute atomic E-state index is 12.2. The van der Waals surface area contributed by atoms with Crippen molar-refractivity contribution in [2.75, 3.05) is 18.4 Å². The molecule has 9 heteroatoms. The molecule has 6 nitrogen and oxygen atoms in total. The van der Waals surface area contributed by atoms with Crippen LogP contribution in [0.5, 0.6) is 5.75 Å². The monoisotopic (exact) mass is 361 g/mol. The third kappa shape index (κ3) is 5.23. The van der Waals surface area contributed by atoms with Gasteiger partial charge in [0.2, 0.25) is 5.91 Å². The number of amides is 3. The first-order valence-electron chi connectivity index (χ1n) is 7.42. The maximum atomic E-state index is 12.2. The highest BCUT2D eigenvalue weighted by molar-refractivity contribution is 6.32. The number of nitrogens with zero attached hydrogens (tertiary/aromatic N) is 1. The minimum Gasteiger partial charge on any atom is -0.433 e. The fourth-order valence-corrected chi connectivity index (χ4v) is 2.69. The number of carbonyl (C=O) groups is 2. The van der Waals surface area contributed by atoms with Crippen molar-refractivity contribution in [2.45, 2.75) is 32.4 Å². The predicted octanol–water partition coefficient (Wildman–Crippen LogP) is 3.07. The molecule has 0 bridgehead atoms. The van der Waals surface area contributed by atoms with E-state index >= 15 is 0 Å². The average molecular weight is 362 g/mol. The highest BCUT2D eigenvalue weighted by Crippen LogP contribution is 2.28. The fourth-order valence-electron chi connectivity index (χ4n) is 2.46. The molecule has 1 saturated heterocycles. The number of urea groups is 1. The Bertz CT molecular complexity index is 608. The Balaban J connectivity index is 1.84. The van der Waals surface area contributed by atoms with Crippen molar-refractivity contribution in [3.05, 3.63) is 23.2 Å². The molecule has 1 aromatic carbocycles. The summed E-state index contributed by atoms with van der Waals surface area (Å²) in [6.45, 7) is -0.242. The van der Waals surface area contributed by atoms with E-state index in [1.807, 2.05) is 0 Å². The number of hydrogen-bond donors (Lipinski definition) is 2. The Labute approximate surface area is 143 Å². The van der Waals surface area contributed by atoms with Crippen molar-refractivity contribution in [2.24, 2.45) is 0 Å². The van der Waals surface area contributed by atoms with E-state index in [4.69, 9.17) is 11.6 Å². The maximum Gasteiger partial charge on any atom is 0.387 e. The van der Waals surface area contributed by atoms with Crippen LogP contribution in [0.15, 0.2) is 18.2 Å². The van der Waals surface area contributed by atoms with Gasteiger partial charge in [-0.2, -0.15) is 8.78 Å². The molecule has 2 rings (SSSR count). The van der Waals surface area contributed by atoms with Gasteiger partial charge in [0.1, 0.15) is 5.75 Å². The first kappa shape index (κ1) is 18.3. The number of hydrogen-bond acceptors (Lipinski definition) is 3. The second-order valence-corrected chi connectivity index (χ2v) is 5.81. The van der Waals surface area contributed by atoms with Crippen LogP contribution < -0.4 is 15.4 Å². The highest BCUT2D eigenvalue weighted by atomic mass is 35.5. The van der Waals surface area contributed by atoms with E-state index in [9.17, 15) is 18.4 Å². The standard InChI is InChI=1S/C15H18ClF2N3O3/c1-9(22)21-6-4-10(5-7-21)19-15(23)20-11-2-3-13(12(16)8-11)24-14(17)18/h2-3,8,10,14H,4-7H2,1H3,(H2,19,20,23). The zero-order chi connectivity index (χ0) is 17.7. The number of alkyl halides is 2. The summed E-state index contributed by atoms with van der Waals surface area (Å²) in [5.74, 6) is -0.132. The van der Waals surface area contributed by atoms with E-state index < -0.39 is 12.6 Å². The molecule has 2 N–H and O–H groups in total. The second-order valence-electron chi connectivity index (χ2n) is 5.40. The van der Waals surface area contributed by atoms with Gasteiger partial charge in [0.05, 0.1) is 5.02 Å². The van der Waals surface area contributed by atoms with E-state index in [1.165, 1.54) is 25.1 Å². The average Bonchev–Trinajstić information content (AvgIpc) is 2.50. The van der Waals surface area contributed by atoms with Gasteiger partial charge in [0.25, 0.3) is 0 Å². The minimum atomic E-state index is -2.97. The van der Waals surface area contributed by atoms with Gasteiger partial charge in [0, 0.05) is 31.7 Å². The van der Waals surface area contributed by atoms with E-state index in [-0.39, 0.29) is 22.7 Å². The van der Waals surface area contributed by atoms with Gasteiger partial charge in [0.15, 0.2) is 0 Å². The lowest BCUT2D eigenvalue weighted by molar-refractivity contribution is -0.129. The second kappa shape index (κ2) is 8.14. The SMILES string of the molecule is CC(=O)N1CCC(NC(=O)Nc2ccc(OC(F)F)c(Cl)c2)CC1. The van der Waals surface area contributed by atoms with Crippen molar-refractivity contribution in [3.8, 4) is 5.75 Å². The van der Waals surface area contributed by atoms with Crippen LogP contribution in [0, 0.1) is 0 Å². The summed E-state index contributed by atoms with van der Waals surface area (Å²) in [4.78, 5) is 25.0. The zero-order valence-corrected chi connectivity index (χ0v) is 13.8. The van der Waals surface area contributed by atoms with E-state index in [0.29, 0.717) is 31.6 Å². The number of likely N-dealkylation sites (tertiary alicyclic amines) is 1. The normalized spacial score (nSPS) is 15.3. The van der Waals surface area contributed by atoms with Crippen LogP contribution >= 0.6 is 11.6 Å². The number of piperidine rings is 1. The quantitative estimate of drug-likeness (QED) is 0.865. The smallest absolute Gasteiger partial charge is 0.387 e. The largest absolute Gasteiger partial charge is 0.433 e. The zero-order valence-electron chi connectivity index (χ0n) is 13.0. The summed E-state index contributed by atoms with van der Waals surface area (Å²) in [5, 5.41) is 5.37. The first-order chi connectivity index (χ1) is 11.3. The minimum absolute atomic E-state index is 0.0251. The van der Waals surface area contributed by atoms with Crippen LogP contribution in [0.2, 0.25) is 5.02 Å². The van der Waals surface area contributed by atoms with Gasteiger partial charge in [-0.15, -0.1) is 0 Å². The van der Waals surface area contributed by atoms with Gasteiger partial charge < -0.3 is 20.3 Å². The molecular weight excluding hydrogens is 344 g/mol. The molecule has 0 radical (unpaired) electrons. The lowest BCUT2D eigenvalue weighted by atomic mass is 10.1. The van der Waals surface area contributed by atoms with Gasteiger partial charge in [-0.3, -0.25) is 4.79 Å². The predicted molar refractivity (Wildman–Crippen MR) is 85.5 cm³/mol. The Morgan fingerprint density at radius 3 is 2.54 bits per heavy atom. The van der Waals surface area contributed by atoms with Crippen LogP contribution in [-0.2, 0) is 4.79 Å². The van der Waals surface area contributed by atoms with Crippen molar-refractivity contribution in [1.29, 1.82) is 0 Å². The summed E-state index contributed by atoms with van der Waals surface area (Å²) >= 11 is 5.83. The van der Waals surface area contributed by atoms with E-state index in [0.717, 1.165) is 0 Å². The number of rotatable bonds is 4. The van der Waals surface area contributed by atoms with Crippen LogP contribution in [0.4, 0.5) is 19.3 Å². The molecule has 1 aliphatic heterocycles. The molecule has 1 aliphatic rings. The third-order valence-corrected chi connectivity index (χ3v) is 3.98. The number of benzene rings is 1. The van der Waals surface area contributed by atoms with E-state index in [2.05, 4.69) is 15.4 Å². The number of nitrogens with one attached hydrogen (secondary N) is 2. The van der Waals surface area contributed by atoms with Crippen LogP contribution in [-0.4, -0.2) is 42.6 Å². The summed E-state index contributed by atoms with van der Waals surface area (Å²) in [6, 6.07) is 3.56. The molecule has 0 aliphatic carbocycles. The van der Waals surface area contributed by atoms with Crippen LogP contribution in [0.25, 0.3) is 0 Å². The summed E-state index contributed by atoms with van der Waals surface area (Å²) < 4.78 is 28.6. The molecule has 0 aromatic heterocycles. The molecule has 0 unspecified atom stereocenters. The molecule has 3 amide bonds. The Morgan fingerprint density at radius 1 is 1.33 bits per heavy atom. The number of carbonyl (C=O) groups excluding carboxylic acids is 2. The first-order valence-corrected chi connectivity index (χ1v) is 7.80. The highest BCUT2D eigenvalue weighted by Gasteiger charge is 2.22. The van der Waals surface area contributed by atoms with Crippen molar-refractivity contribution >= 4 is 29.2 Å². The summed E-state index contributed by atoms with van der Waals surface area (Å²) in [6.07, 6.45) is 1.35. The lowest BCUT2D eigenvalue weighted by Crippen LogP contribution is -2.47. The number of anilines is 1. The van der Waals surface area contributed by atoms with Gasteiger partial charge in [-0.1, -0.05) is 11.6 Å². The van der Waals surface area contributed by atoms with Crippen molar-refractivity contribution < 1.29 is 23.1 Å². The summed E-state index contributed by atoms with van der Waals surface area (Å²) in [7, 11) is 0. The van der Waals surface area contributed by atoms with Crippen LogP contribution in [0.3, 0.4) is 0 Å². The fraction of sp³-hybridized carbons (Fsp3) is 0.467. The Hall–Kier alpha value is -2.09. The molecule has 1 heterocycles. The van der Waals surface area contributed by atoms with Crippen molar-refractivity contribution in [1.82, 2.24) is 10.2 Å². The molecule has 0 saturated carbocycles. The van der Waals surface area contributed by atoms with Gasteiger partial charge in [-0.05, 0) is 31.0 Å². The molecule has 132 valence electrons. The topological polar surface area (TPSA) is 70.7 Å². The third-order valence-electron chi connectivity index (χ3n) is 3.68. The summed E-state index contributed by atoms with van der Waals surface area (Å²) in [5.41, 5.74) is 0.361. The van der Waals surface area contributed by atoms with Gasteiger partial charge in [-0.25, -0.2) is 4.79 Å².